The lowest BCUT2D eigenvalue weighted by Gasteiger charge is -2.10. The Bertz CT molecular complexity index is 1040. The van der Waals surface area contributed by atoms with E-state index in [1.54, 1.807) is 36.2 Å². The van der Waals surface area contributed by atoms with Gasteiger partial charge in [-0.3, -0.25) is 14.2 Å². The summed E-state index contributed by atoms with van der Waals surface area (Å²) in [4.78, 5) is 29.2. The predicted molar refractivity (Wildman–Crippen MR) is 112 cm³/mol. The summed E-state index contributed by atoms with van der Waals surface area (Å²) in [7, 11) is 1.54. The van der Waals surface area contributed by atoms with Gasteiger partial charge < -0.3 is 10.1 Å². The van der Waals surface area contributed by atoms with Crippen LogP contribution >= 0.6 is 11.8 Å². The molecule has 0 saturated carbocycles. The molecule has 1 N–H and O–H groups in total. The van der Waals surface area contributed by atoms with E-state index in [4.69, 9.17) is 4.74 Å². The Morgan fingerprint density at radius 2 is 1.89 bits per heavy atom. The molecule has 0 aliphatic rings. The number of aromatic nitrogens is 2. The molecule has 0 unspecified atom stereocenters. The van der Waals surface area contributed by atoms with Crippen molar-refractivity contribution in [2.45, 2.75) is 18.9 Å². The van der Waals surface area contributed by atoms with E-state index in [9.17, 15) is 9.59 Å². The molecule has 6 nitrogen and oxygen atoms in total. The minimum absolute atomic E-state index is 0.0666. The van der Waals surface area contributed by atoms with Gasteiger partial charge in [0, 0.05) is 18.1 Å². The molecule has 0 radical (unpaired) electrons. The topological polar surface area (TPSA) is 73.2 Å². The lowest BCUT2D eigenvalue weighted by molar-refractivity contribution is -0.113. The lowest BCUT2D eigenvalue weighted by Crippen LogP contribution is -2.22. The van der Waals surface area contributed by atoms with Crippen molar-refractivity contribution in [1.29, 1.82) is 0 Å². The minimum Gasteiger partial charge on any atom is -0.495 e. The fourth-order valence-corrected chi connectivity index (χ4v) is 3.55. The molecule has 3 rings (SSSR count). The number of methoxy groups -OCH3 is 1. The number of aryl methyl sites for hydroxylation is 2. The van der Waals surface area contributed by atoms with Crippen molar-refractivity contribution in [2.75, 3.05) is 18.2 Å². The van der Waals surface area contributed by atoms with Crippen LogP contribution in [0.2, 0.25) is 0 Å². The Morgan fingerprint density at radius 1 is 1.18 bits per heavy atom. The van der Waals surface area contributed by atoms with Gasteiger partial charge in [-0.1, -0.05) is 30.0 Å². The smallest absolute Gasteiger partial charge is 0.287 e. The number of hydrogen-bond acceptors (Lipinski definition) is 5. The lowest BCUT2D eigenvalue weighted by atomic mass is 10.1. The molecule has 0 fully saturated rings. The maximum absolute atomic E-state index is 12.8. The number of para-hydroxylation sites is 2. The summed E-state index contributed by atoms with van der Waals surface area (Å²) in [6, 6.07) is 13.1. The average Bonchev–Trinajstić information content (AvgIpc) is 2.67. The highest BCUT2D eigenvalue weighted by molar-refractivity contribution is 7.99. The summed E-state index contributed by atoms with van der Waals surface area (Å²) in [5.74, 6) is 0.408. The number of nitrogens with one attached hydrogen (secondary N) is 1. The van der Waals surface area contributed by atoms with Gasteiger partial charge in [-0.2, -0.15) is 0 Å². The molecule has 0 bridgehead atoms. The molecular weight excluding hydrogens is 374 g/mol. The first-order valence-corrected chi connectivity index (χ1v) is 9.68. The third kappa shape index (κ3) is 4.61. The molecule has 28 heavy (non-hydrogen) atoms. The summed E-state index contributed by atoms with van der Waals surface area (Å²) in [5.41, 5.74) is 3.27. The van der Waals surface area contributed by atoms with Gasteiger partial charge in [0.1, 0.15) is 5.75 Å². The molecule has 7 heteroatoms. The largest absolute Gasteiger partial charge is 0.495 e. The summed E-state index contributed by atoms with van der Waals surface area (Å²) in [5, 5.41) is 3.07. The molecule has 2 aromatic carbocycles. The van der Waals surface area contributed by atoms with Crippen LogP contribution in [-0.2, 0) is 4.79 Å². The number of rotatable bonds is 6. The van der Waals surface area contributed by atoms with Crippen molar-refractivity contribution in [1.82, 2.24) is 9.55 Å². The predicted octanol–water partition coefficient (Wildman–Crippen LogP) is 3.59. The quantitative estimate of drug-likeness (QED) is 0.646. The fraction of sp³-hybridized carbons (Fsp3) is 0.190. The van der Waals surface area contributed by atoms with Crippen LogP contribution in [0.1, 0.15) is 11.1 Å². The number of carbonyl (C=O) groups excluding carboxylic acids is 1. The zero-order valence-electron chi connectivity index (χ0n) is 15.9. The van der Waals surface area contributed by atoms with Crippen LogP contribution in [0.3, 0.4) is 0 Å². The molecular formula is C21H21N3O3S. The van der Waals surface area contributed by atoms with E-state index in [0.717, 1.165) is 28.6 Å². The zero-order chi connectivity index (χ0) is 20.1. The standard InChI is InChI=1S/C21H21N3O3S/c1-14-10-15(2)12-16(11-14)24-9-8-22-20(21(24)26)28-13-19(25)23-17-6-4-5-7-18(17)27-3/h4-12H,13H2,1-3H3,(H,23,25). The second kappa shape index (κ2) is 8.75. The Morgan fingerprint density at radius 3 is 2.61 bits per heavy atom. The number of anilines is 1. The number of amides is 1. The number of thioether (sulfide) groups is 1. The van der Waals surface area contributed by atoms with E-state index in [-0.39, 0.29) is 22.2 Å². The first-order valence-electron chi connectivity index (χ1n) is 8.70. The highest BCUT2D eigenvalue weighted by Gasteiger charge is 2.12. The third-order valence-corrected chi connectivity index (χ3v) is 4.97. The van der Waals surface area contributed by atoms with Crippen molar-refractivity contribution in [3.8, 4) is 11.4 Å². The van der Waals surface area contributed by atoms with Crippen LogP contribution in [0, 0.1) is 13.8 Å². The van der Waals surface area contributed by atoms with Gasteiger partial charge in [0.15, 0.2) is 5.03 Å². The summed E-state index contributed by atoms with van der Waals surface area (Å²) in [6.07, 6.45) is 3.20. The van der Waals surface area contributed by atoms with Crippen molar-refractivity contribution in [2.24, 2.45) is 0 Å². The molecule has 1 aromatic heterocycles. The number of carbonyl (C=O) groups is 1. The first-order chi connectivity index (χ1) is 13.5. The van der Waals surface area contributed by atoms with Gasteiger partial charge in [-0.25, -0.2) is 4.98 Å². The minimum atomic E-state index is -0.248. The molecule has 0 aliphatic carbocycles. The fourth-order valence-electron chi connectivity index (χ4n) is 2.85. The van der Waals surface area contributed by atoms with E-state index in [2.05, 4.69) is 10.3 Å². The van der Waals surface area contributed by atoms with Crippen LogP contribution in [0.15, 0.2) is 64.7 Å². The number of ether oxygens (including phenoxy) is 1. The normalized spacial score (nSPS) is 10.5. The van der Waals surface area contributed by atoms with Gasteiger partial charge in [0.2, 0.25) is 5.91 Å². The van der Waals surface area contributed by atoms with E-state index < -0.39 is 0 Å². The SMILES string of the molecule is COc1ccccc1NC(=O)CSc1nccn(-c2cc(C)cc(C)c2)c1=O. The van der Waals surface area contributed by atoms with Gasteiger partial charge in [-0.05, 0) is 49.2 Å². The van der Waals surface area contributed by atoms with Crippen LogP contribution < -0.4 is 15.6 Å². The Balaban J connectivity index is 1.75. The molecule has 3 aromatic rings. The Hall–Kier alpha value is -3.06. The maximum Gasteiger partial charge on any atom is 0.287 e. The van der Waals surface area contributed by atoms with Gasteiger partial charge in [0.25, 0.3) is 5.56 Å². The third-order valence-electron chi connectivity index (χ3n) is 4.01. The van der Waals surface area contributed by atoms with E-state index >= 15 is 0 Å². The van der Waals surface area contributed by atoms with Crippen molar-refractivity contribution in [3.63, 3.8) is 0 Å². The molecule has 0 saturated heterocycles. The number of nitrogens with zero attached hydrogens (tertiary/aromatic N) is 2. The molecule has 0 spiro atoms. The van der Waals surface area contributed by atoms with Gasteiger partial charge in [-0.15, -0.1) is 0 Å². The summed E-state index contributed by atoms with van der Waals surface area (Å²) in [6.45, 7) is 3.97. The molecule has 0 atom stereocenters. The van der Waals surface area contributed by atoms with Crippen molar-refractivity contribution >= 4 is 23.4 Å². The summed E-state index contributed by atoms with van der Waals surface area (Å²) >= 11 is 1.11. The second-order valence-corrected chi connectivity index (χ2v) is 7.25. The van der Waals surface area contributed by atoms with E-state index in [1.807, 2.05) is 44.2 Å². The Labute approximate surface area is 167 Å². The number of benzene rings is 2. The highest BCUT2D eigenvalue weighted by atomic mass is 32.2. The van der Waals surface area contributed by atoms with Crippen molar-refractivity contribution in [3.05, 3.63) is 76.3 Å². The van der Waals surface area contributed by atoms with E-state index in [0.29, 0.717) is 11.4 Å². The molecule has 1 heterocycles. The van der Waals surface area contributed by atoms with Crippen LogP contribution in [0.4, 0.5) is 5.69 Å². The highest BCUT2D eigenvalue weighted by Crippen LogP contribution is 2.23. The zero-order valence-corrected chi connectivity index (χ0v) is 16.7. The van der Waals surface area contributed by atoms with E-state index in [1.165, 1.54) is 0 Å². The van der Waals surface area contributed by atoms with Gasteiger partial charge >= 0.3 is 0 Å². The maximum atomic E-state index is 12.8. The van der Waals surface area contributed by atoms with Crippen LogP contribution in [0.25, 0.3) is 5.69 Å². The Kier molecular flexibility index (Phi) is 6.16. The molecule has 1 amide bonds. The van der Waals surface area contributed by atoms with Crippen LogP contribution in [-0.4, -0.2) is 28.3 Å². The van der Waals surface area contributed by atoms with Crippen LogP contribution in [0.5, 0.6) is 5.75 Å². The van der Waals surface area contributed by atoms with Crippen molar-refractivity contribution < 1.29 is 9.53 Å². The molecule has 144 valence electrons. The second-order valence-electron chi connectivity index (χ2n) is 6.29. The first kappa shape index (κ1) is 19.7. The molecule has 0 aliphatic heterocycles. The average molecular weight is 395 g/mol. The number of hydrogen-bond donors (Lipinski definition) is 1. The summed E-state index contributed by atoms with van der Waals surface area (Å²) < 4.78 is 6.77. The van der Waals surface area contributed by atoms with Gasteiger partial charge in [0.05, 0.1) is 18.6 Å². The monoisotopic (exact) mass is 395 g/mol.